The van der Waals surface area contributed by atoms with E-state index in [9.17, 15) is 0 Å². The molecule has 0 spiro atoms. The molecule has 88 valence electrons. The van der Waals surface area contributed by atoms with Gasteiger partial charge in [-0.15, -0.1) is 0 Å². The lowest BCUT2D eigenvalue weighted by Gasteiger charge is -2.35. The number of likely N-dealkylation sites (N-methyl/N-ethyl adjacent to an activating group) is 1. The van der Waals surface area contributed by atoms with Gasteiger partial charge in [-0.1, -0.05) is 6.92 Å². The molecular formula is C12H18IN3. The van der Waals surface area contributed by atoms with Gasteiger partial charge in [0.15, 0.2) is 0 Å². The molecule has 1 heterocycles. The highest BCUT2D eigenvalue weighted by Gasteiger charge is 2.15. The van der Waals surface area contributed by atoms with Crippen LogP contribution in [0, 0.1) is 0 Å². The Hall–Kier alpha value is -0.490. The van der Waals surface area contributed by atoms with Crippen molar-refractivity contribution in [1.82, 2.24) is 4.90 Å². The fraction of sp³-hybridized carbons (Fsp3) is 0.500. The molecule has 1 aromatic carbocycles. The number of nitrogens with one attached hydrogen (secondary N) is 1. The fourth-order valence-electron chi connectivity index (χ4n) is 2.06. The maximum absolute atomic E-state index is 3.12. The van der Waals surface area contributed by atoms with Crippen molar-refractivity contribution in [2.45, 2.75) is 6.92 Å². The molecule has 1 fully saturated rings. The quantitative estimate of drug-likeness (QED) is 0.679. The standard InChI is InChI=1S/C12H18IN3/c1-2-15-7-9-16(10-8-15)12-5-3-11(14-13)4-6-12/h3-6,14H,2,7-10H2,1H3. The Bertz CT molecular complexity index is 318. The second-order valence-electron chi connectivity index (χ2n) is 4.06. The van der Waals surface area contributed by atoms with Crippen LogP contribution < -0.4 is 8.43 Å². The monoisotopic (exact) mass is 331 g/mol. The summed E-state index contributed by atoms with van der Waals surface area (Å²) in [5.74, 6) is 0. The van der Waals surface area contributed by atoms with Gasteiger partial charge in [-0.3, -0.25) is 0 Å². The maximum atomic E-state index is 3.12. The molecule has 1 N–H and O–H groups in total. The van der Waals surface area contributed by atoms with Gasteiger partial charge in [0.25, 0.3) is 0 Å². The third-order valence-electron chi connectivity index (χ3n) is 3.16. The summed E-state index contributed by atoms with van der Waals surface area (Å²) in [6.45, 7) is 8.06. The third kappa shape index (κ3) is 2.79. The van der Waals surface area contributed by atoms with Crippen molar-refractivity contribution < 1.29 is 0 Å². The average molecular weight is 331 g/mol. The van der Waals surface area contributed by atoms with Crippen molar-refractivity contribution in [2.24, 2.45) is 0 Å². The minimum atomic E-state index is 1.14. The molecule has 0 bridgehead atoms. The first-order chi connectivity index (χ1) is 7.83. The number of nitrogens with zero attached hydrogens (tertiary/aromatic N) is 2. The number of benzene rings is 1. The zero-order valence-electron chi connectivity index (χ0n) is 9.62. The van der Waals surface area contributed by atoms with E-state index < -0.39 is 0 Å². The second-order valence-corrected chi connectivity index (χ2v) is 4.60. The van der Waals surface area contributed by atoms with Gasteiger partial charge in [0.1, 0.15) is 0 Å². The number of rotatable bonds is 3. The first-order valence-electron chi connectivity index (χ1n) is 5.77. The third-order valence-corrected chi connectivity index (χ3v) is 3.78. The van der Waals surface area contributed by atoms with E-state index >= 15 is 0 Å². The number of halogens is 1. The van der Waals surface area contributed by atoms with E-state index in [2.05, 4.69) is 67.4 Å². The van der Waals surface area contributed by atoms with Crippen molar-refractivity contribution in [1.29, 1.82) is 0 Å². The number of piperazine rings is 1. The Morgan fingerprint density at radius 1 is 1.12 bits per heavy atom. The van der Waals surface area contributed by atoms with Crippen molar-refractivity contribution in [3.05, 3.63) is 24.3 Å². The smallest absolute Gasteiger partial charge is 0.0560 e. The van der Waals surface area contributed by atoms with Gasteiger partial charge < -0.3 is 13.3 Å². The van der Waals surface area contributed by atoms with E-state index in [1.54, 1.807) is 0 Å². The Balaban J connectivity index is 1.97. The lowest BCUT2D eigenvalue weighted by molar-refractivity contribution is 0.271. The lowest BCUT2D eigenvalue weighted by atomic mass is 10.2. The predicted molar refractivity (Wildman–Crippen MR) is 78.4 cm³/mol. The fourth-order valence-corrected chi connectivity index (χ4v) is 2.42. The Morgan fingerprint density at radius 2 is 1.75 bits per heavy atom. The summed E-state index contributed by atoms with van der Waals surface area (Å²) >= 11 is 2.16. The number of hydrogen-bond donors (Lipinski definition) is 1. The van der Waals surface area contributed by atoms with Crippen molar-refractivity contribution in [3.63, 3.8) is 0 Å². The minimum Gasteiger partial charge on any atom is -0.369 e. The molecule has 2 rings (SSSR count). The molecule has 1 aliphatic rings. The first-order valence-corrected chi connectivity index (χ1v) is 6.85. The topological polar surface area (TPSA) is 18.5 Å². The predicted octanol–water partition coefficient (Wildman–Crippen LogP) is 2.59. The molecule has 1 saturated heterocycles. The summed E-state index contributed by atoms with van der Waals surface area (Å²) < 4.78 is 3.12. The molecule has 0 radical (unpaired) electrons. The van der Waals surface area contributed by atoms with E-state index in [0.717, 1.165) is 18.8 Å². The van der Waals surface area contributed by atoms with Crippen LogP contribution in [-0.2, 0) is 0 Å². The van der Waals surface area contributed by atoms with Crippen molar-refractivity contribution in [3.8, 4) is 0 Å². The van der Waals surface area contributed by atoms with Crippen LogP contribution >= 0.6 is 22.9 Å². The van der Waals surface area contributed by atoms with Crippen LogP contribution in [0.3, 0.4) is 0 Å². The van der Waals surface area contributed by atoms with Gasteiger partial charge in [0.05, 0.1) is 22.9 Å². The first kappa shape index (κ1) is 12.0. The zero-order chi connectivity index (χ0) is 11.4. The minimum absolute atomic E-state index is 1.14. The number of anilines is 2. The van der Waals surface area contributed by atoms with E-state index in [4.69, 9.17) is 0 Å². The van der Waals surface area contributed by atoms with E-state index in [-0.39, 0.29) is 0 Å². The summed E-state index contributed by atoms with van der Waals surface area (Å²) in [5.41, 5.74) is 2.50. The molecule has 0 aromatic heterocycles. The lowest BCUT2D eigenvalue weighted by Crippen LogP contribution is -2.46. The van der Waals surface area contributed by atoms with Crippen LogP contribution in [0.15, 0.2) is 24.3 Å². The Labute approximate surface area is 111 Å². The van der Waals surface area contributed by atoms with Crippen LogP contribution in [0.2, 0.25) is 0 Å². The summed E-state index contributed by atoms with van der Waals surface area (Å²) in [4.78, 5) is 4.96. The van der Waals surface area contributed by atoms with Crippen molar-refractivity contribution >= 4 is 34.2 Å². The Morgan fingerprint density at radius 3 is 2.25 bits per heavy atom. The van der Waals surface area contributed by atoms with Crippen LogP contribution in [0.25, 0.3) is 0 Å². The van der Waals surface area contributed by atoms with E-state index in [1.165, 1.54) is 25.3 Å². The van der Waals surface area contributed by atoms with Gasteiger partial charge in [0.2, 0.25) is 0 Å². The maximum Gasteiger partial charge on any atom is 0.0560 e. The molecular weight excluding hydrogens is 313 g/mol. The van der Waals surface area contributed by atoms with Gasteiger partial charge >= 0.3 is 0 Å². The largest absolute Gasteiger partial charge is 0.369 e. The highest BCUT2D eigenvalue weighted by Crippen LogP contribution is 2.19. The highest BCUT2D eigenvalue weighted by molar-refractivity contribution is 14.1. The SMILES string of the molecule is CCN1CCN(c2ccc(NI)cc2)CC1. The zero-order valence-corrected chi connectivity index (χ0v) is 11.8. The molecule has 0 amide bonds. The molecule has 16 heavy (non-hydrogen) atoms. The molecule has 3 nitrogen and oxygen atoms in total. The summed E-state index contributed by atoms with van der Waals surface area (Å²) in [6, 6.07) is 8.66. The average Bonchev–Trinajstić information content (AvgIpc) is 2.39. The molecule has 0 aliphatic carbocycles. The molecule has 1 aromatic rings. The molecule has 0 saturated carbocycles. The van der Waals surface area contributed by atoms with Gasteiger partial charge in [-0.2, -0.15) is 0 Å². The van der Waals surface area contributed by atoms with E-state index in [1.807, 2.05) is 0 Å². The van der Waals surface area contributed by atoms with Gasteiger partial charge in [-0.05, 0) is 30.8 Å². The summed E-state index contributed by atoms with van der Waals surface area (Å²) in [7, 11) is 0. The molecule has 0 atom stereocenters. The highest BCUT2D eigenvalue weighted by atomic mass is 127. The number of hydrogen-bond acceptors (Lipinski definition) is 3. The molecule has 4 heteroatoms. The van der Waals surface area contributed by atoms with Crippen LogP contribution in [0.5, 0.6) is 0 Å². The van der Waals surface area contributed by atoms with Crippen molar-refractivity contribution in [2.75, 3.05) is 41.2 Å². The van der Waals surface area contributed by atoms with Crippen LogP contribution in [0.1, 0.15) is 6.92 Å². The second kappa shape index (κ2) is 5.72. The molecule has 0 unspecified atom stereocenters. The van der Waals surface area contributed by atoms with Gasteiger partial charge in [0, 0.05) is 37.6 Å². The van der Waals surface area contributed by atoms with E-state index in [0.29, 0.717) is 0 Å². The summed E-state index contributed by atoms with van der Waals surface area (Å²) in [6.07, 6.45) is 0. The summed E-state index contributed by atoms with van der Waals surface area (Å²) in [5, 5.41) is 0. The Kier molecular flexibility index (Phi) is 4.29. The van der Waals surface area contributed by atoms with Gasteiger partial charge in [-0.25, -0.2) is 0 Å². The van der Waals surface area contributed by atoms with Crippen LogP contribution in [-0.4, -0.2) is 37.6 Å². The van der Waals surface area contributed by atoms with Crippen LogP contribution in [0.4, 0.5) is 11.4 Å². The molecule has 1 aliphatic heterocycles. The normalized spacial score (nSPS) is 17.5.